The van der Waals surface area contributed by atoms with Crippen molar-refractivity contribution in [3.8, 4) is 11.1 Å². The first kappa shape index (κ1) is 22.5. The van der Waals surface area contributed by atoms with Crippen molar-refractivity contribution in [1.29, 1.82) is 0 Å². The number of nitrogens with one attached hydrogen (secondary N) is 1. The zero-order chi connectivity index (χ0) is 24.7. The standard InChI is InChI=1S/C26H20F3N5O/c1-3-21-22(20-13-6-9-16-8-4-5-12-19(16)20)24-32-31-23(15(2)34(24)33-21)25(35)30-18-11-7-10-17(14-18)26(27,28)29/h4-14H,3H2,1-2H3,(H,30,35). The van der Waals surface area contributed by atoms with Gasteiger partial charge in [-0.05, 0) is 47.9 Å². The molecule has 2 heterocycles. The van der Waals surface area contributed by atoms with Crippen molar-refractivity contribution in [3.63, 3.8) is 0 Å². The molecule has 5 aromatic rings. The number of aromatic nitrogens is 4. The number of amides is 1. The molecule has 0 unspecified atom stereocenters. The van der Waals surface area contributed by atoms with Crippen molar-refractivity contribution in [3.05, 3.63) is 89.4 Å². The molecule has 1 amide bonds. The summed E-state index contributed by atoms with van der Waals surface area (Å²) in [7, 11) is 0. The molecule has 0 bridgehead atoms. The molecule has 35 heavy (non-hydrogen) atoms. The van der Waals surface area contributed by atoms with E-state index in [1.807, 2.05) is 49.4 Å². The normalized spacial score (nSPS) is 11.8. The number of halogens is 3. The quantitative estimate of drug-likeness (QED) is 0.342. The second-order valence-electron chi connectivity index (χ2n) is 8.10. The predicted molar refractivity (Wildman–Crippen MR) is 127 cm³/mol. The maximum Gasteiger partial charge on any atom is 0.416 e. The van der Waals surface area contributed by atoms with E-state index >= 15 is 0 Å². The summed E-state index contributed by atoms with van der Waals surface area (Å²) in [5.74, 6) is -0.670. The van der Waals surface area contributed by atoms with Crippen molar-refractivity contribution in [2.45, 2.75) is 26.4 Å². The third-order valence-electron chi connectivity index (χ3n) is 5.90. The van der Waals surface area contributed by atoms with Gasteiger partial charge in [0.05, 0.1) is 22.5 Å². The first-order valence-corrected chi connectivity index (χ1v) is 11.0. The van der Waals surface area contributed by atoms with Gasteiger partial charge in [-0.1, -0.05) is 55.5 Å². The molecular formula is C26H20F3N5O. The average Bonchev–Trinajstić information content (AvgIpc) is 3.23. The van der Waals surface area contributed by atoms with Crippen molar-refractivity contribution >= 4 is 28.0 Å². The summed E-state index contributed by atoms with van der Waals surface area (Å²) in [4.78, 5) is 12.9. The summed E-state index contributed by atoms with van der Waals surface area (Å²) in [6.45, 7) is 3.67. The lowest BCUT2D eigenvalue weighted by Crippen LogP contribution is -2.19. The number of hydrogen-bond donors (Lipinski definition) is 1. The molecule has 0 spiro atoms. The van der Waals surface area contributed by atoms with Crippen LogP contribution in [0.1, 0.15) is 34.4 Å². The Morgan fingerprint density at radius 2 is 1.74 bits per heavy atom. The SMILES string of the molecule is CCc1nn2c(C)c(C(=O)Nc3cccc(C(F)(F)F)c3)nnc2c1-c1cccc2ccccc12. The first-order valence-electron chi connectivity index (χ1n) is 11.0. The van der Waals surface area contributed by atoms with Gasteiger partial charge in [-0.2, -0.15) is 18.3 Å². The van der Waals surface area contributed by atoms with Crippen LogP contribution in [0.25, 0.3) is 27.5 Å². The van der Waals surface area contributed by atoms with E-state index in [9.17, 15) is 18.0 Å². The molecule has 176 valence electrons. The van der Waals surface area contributed by atoms with Gasteiger partial charge in [-0.25, -0.2) is 4.52 Å². The molecule has 6 nitrogen and oxygen atoms in total. The van der Waals surface area contributed by atoms with Gasteiger partial charge in [-0.3, -0.25) is 4.79 Å². The second kappa shape index (κ2) is 8.50. The first-order chi connectivity index (χ1) is 16.8. The van der Waals surface area contributed by atoms with E-state index < -0.39 is 17.6 Å². The molecule has 0 aliphatic carbocycles. The van der Waals surface area contributed by atoms with Crippen LogP contribution in [0.4, 0.5) is 18.9 Å². The third-order valence-corrected chi connectivity index (χ3v) is 5.90. The molecule has 5 rings (SSSR count). The van der Waals surface area contributed by atoms with Crippen LogP contribution in [0.15, 0.2) is 66.7 Å². The van der Waals surface area contributed by atoms with Crippen molar-refractivity contribution in [2.75, 3.05) is 5.32 Å². The lowest BCUT2D eigenvalue weighted by Gasteiger charge is -2.11. The Morgan fingerprint density at radius 1 is 1.00 bits per heavy atom. The van der Waals surface area contributed by atoms with Gasteiger partial charge in [0.1, 0.15) is 0 Å². The van der Waals surface area contributed by atoms with Gasteiger partial charge >= 0.3 is 6.18 Å². The summed E-state index contributed by atoms with van der Waals surface area (Å²) in [5, 5.41) is 17.8. The predicted octanol–water partition coefficient (Wildman–Crippen LogP) is 6.09. The lowest BCUT2D eigenvalue weighted by atomic mass is 9.97. The smallest absolute Gasteiger partial charge is 0.321 e. The van der Waals surface area contributed by atoms with Crippen LogP contribution in [-0.4, -0.2) is 25.7 Å². The summed E-state index contributed by atoms with van der Waals surface area (Å²) >= 11 is 0. The minimum absolute atomic E-state index is 0.0114. The molecule has 0 saturated carbocycles. The average molecular weight is 475 g/mol. The molecular weight excluding hydrogens is 455 g/mol. The molecule has 0 saturated heterocycles. The number of fused-ring (bicyclic) bond motifs is 2. The van der Waals surface area contributed by atoms with Gasteiger partial charge in [0, 0.05) is 5.69 Å². The minimum atomic E-state index is -4.51. The maximum absolute atomic E-state index is 13.0. The Kier molecular flexibility index (Phi) is 5.47. The Balaban J connectivity index is 1.58. The number of carbonyl (C=O) groups excluding carboxylic acids is 1. The summed E-state index contributed by atoms with van der Waals surface area (Å²) in [6, 6.07) is 18.4. The monoisotopic (exact) mass is 475 g/mol. The van der Waals surface area contributed by atoms with E-state index in [1.54, 1.807) is 11.4 Å². The van der Waals surface area contributed by atoms with E-state index in [0.717, 1.165) is 39.7 Å². The molecule has 9 heteroatoms. The van der Waals surface area contributed by atoms with Crippen molar-refractivity contribution < 1.29 is 18.0 Å². The number of aryl methyl sites for hydroxylation is 2. The maximum atomic E-state index is 13.0. The summed E-state index contributed by atoms with van der Waals surface area (Å²) in [5.41, 5.74) is 2.67. The summed E-state index contributed by atoms with van der Waals surface area (Å²) in [6.07, 6.45) is -3.88. The van der Waals surface area contributed by atoms with Gasteiger partial charge in [-0.15, -0.1) is 10.2 Å². The van der Waals surface area contributed by atoms with Crippen LogP contribution in [-0.2, 0) is 12.6 Å². The van der Waals surface area contributed by atoms with Crippen LogP contribution >= 0.6 is 0 Å². The van der Waals surface area contributed by atoms with Crippen LogP contribution in [0, 0.1) is 6.92 Å². The van der Waals surface area contributed by atoms with E-state index in [0.29, 0.717) is 17.8 Å². The van der Waals surface area contributed by atoms with Gasteiger partial charge in [0.25, 0.3) is 5.91 Å². The van der Waals surface area contributed by atoms with E-state index in [4.69, 9.17) is 5.10 Å². The zero-order valence-electron chi connectivity index (χ0n) is 18.9. The van der Waals surface area contributed by atoms with E-state index in [2.05, 4.69) is 15.5 Å². The highest BCUT2D eigenvalue weighted by atomic mass is 19.4. The summed E-state index contributed by atoms with van der Waals surface area (Å²) < 4.78 is 40.7. The fraction of sp³-hybridized carbons (Fsp3) is 0.154. The molecule has 1 N–H and O–H groups in total. The van der Waals surface area contributed by atoms with Crippen LogP contribution < -0.4 is 5.32 Å². The van der Waals surface area contributed by atoms with Gasteiger partial charge < -0.3 is 5.32 Å². The van der Waals surface area contributed by atoms with Crippen LogP contribution in [0.5, 0.6) is 0 Å². The topological polar surface area (TPSA) is 72.2 Å². The molecule has 3 aromatic carbocycles. The minimum Gasteiger partial charge on any atom is -0.321 e. The molecule has 0 atom stereocenters. The third kappa shape index (κ3) is 3.99. The lowest BCUT2D eigenvalue weighted by molar-refractivity contribution is -0.137. The van der Waals surface area contributed by atoms with Crippen LogP contribution in [0.3, 0.4) is 0 Å². The number of alkyl halides is 3. The fourth-order valence-corrected chi connectivity index (χ4v) is 4.19. The molecule has 0 aliphatic heterocycles. The molecule has 0 fully saturated rings. The van der Waals surface area contributed by atoms with E-state index in [1.165, 1.54) is 12.1 Å². The Labute approximate surface area is 198 Å². The van der Waals surface area contributed by atoms with E-state index in [-0.39, 0.29) is 11.4 Å². The number of carbonyl (C=O) groups is 1. The highest BCUT2D eigenvalue weighted by Gasteiger charge is 2.30. The number of benzene rings is 3. The second-order valence-corrected chi connectivity index (χ2v) is 8.10. The van der Waals surface area contributed by atoms with Gasteiger partial charge in [0.2, 0.25) is 0 Å². The van der Waals surface area contributed by atoms with Gasteiger partial charge in [0.15, 0.2) is 11.3 Å². The fourth-order valence-electron chi connectivity index (χ4n) is 4.19. The Hall–Kier alpha value is -4.27. The largest absolute Gasteiger partial charge is 0.416 e. The molecule has 0 radical (unpaired) electrons. The number of nitrogens with zero attached hydrogens (tertiary/aromatic N) is 4. The highest BCUT2D eigenvalue weighted by Crippen LogP contribution is 2.34. The number of hydrogen-bond acceptors (Lipinski definition) is 4. The molecule has 0 aliphatic rings. The van der Waals surface area contributed by atoms with Crippen LogP contribution in [0.2, 0.25) is 0 Å². The van der Waals surface area contributed by atoms with Crippen molar-refractivity contribution in [2.24, 2.45) is 0 Å². The zero-order valence-corrected chi connectivity index (χ0v) is 18.9. The molecule has 2 aromatic heterocycles. The Bertz CT molecular complexity index is 1580. The van der Waals surface area contributed by atoms with Crippen molar-refractivity contribution in [1.82, 2.24) is 19.8 Å². The number of anilines is 1. The highest BCUT2D eigenvalue weighted by molar-refractivity contribution is 6.04. The number of rotatable bonds is 4. The Morgan fingerprint density at radius 3 is 2.51 bits per heavy atom.